The Morgan fingerprint density at radius 2 is 1.52 bits per heavy atom. The summed E-state index contributed by atoms with van der Waals surface area (Å²) < 4.78 is 0. The molecule has 1 aromatic carbocycles. The minimum Gasteiger partial charge on any atom is -0.329 e. The quantitative estimate of drug-likeness (QED) is 0.766. The first-order chi connectivity index (χ1) is 9.92. The van der Waals surface area contributed by atoms with Crippen molar-refractivity contribution in [2.75, 3.05) is 13.1 Å². The summed E-state index contributed by atoms with van der Waals surface area (Å²) in [6.45, 7) is 15.3. The van der Waals surface area contributed by atoms with E-state index in [1.165, 1.54) is 29.5 Å². The molecule has 1 aromatic rings. The van der Waals surface area contributed by atoms with Crippen LogP contribution in [0.5, 0.6) is 0 Å². The lowest BCUT2D eigenvalue weighted by Crippen LogP contribution is -2.43. The highest BCUT2D eigenvalue weighted by Gasteiger charge is 2.25. The van der Waals surface area contributed by atoms with Crippen LogP contribution in [0, 0.1) is 19.8 Å². The van der Waals surface area contributed by atoms with E-state index in [1.54, 1.807) is 0 Å². The third-order valence-electron chi connectivity index (χ3n) is 4.24. The number of hydrogen-bond acceptors (Lipinski definition) is 2. The van der Waals surface area contributed by atoms with Crippen molar-refractivity contribution in [2.24, 2.45) is 11.7 Å². The van der Waals surface area contributed by atoms with E-state index in [0.29, 0.717) is 24.5 Å². The van der Waals surface area contributed by atoms with Gasteiger partial charge in [0, 0.05) is 25.2 Å². The highest BCUT2D eigenvalue weighted by molar-refractivity contribution is 5.31. The SMILES string of the molecule is CCC(CC)N(CC(C)C)C(CN)c1cc(C)cc(C)c1. The van der Waals surface area contributed by atoms with Gasteiger partial charge in [-0.3, -0.25) is 4.90 Å². The normalized spacial score (nSPS) is 13.4. The number of hydrogen-bond donors (Lipinski definition) is 1. The Bertz CT molecular complexity index is 401. The molecule has 0 heterocycles. The van der Waals surface area contributed by atoms with Crippen LogP contribution in [0.4, 0.5) is 0 Å². The van der Waals surface area contributed by atoms with Crippen LogP contribution in [-0.2, 0) is 0 Å². The summed E-state index contributed by atoms with van der Waals surface area (Å²) in [5.74, 6) is 0.658. The van der Waals surface area contributed by atoms with E-state index in [9.17, 15) is 0 Å². The summed E-state index contributed by atoms with van der Waals surface area (Å²) >= 11 is 0. The van der Waals surface area contributed by atoms with E-state index in [1.807, 2.05) is 0 Å². The Morgan fingerprint density at radius 3 is 1.90 bits per heavy atom. The molecule has 0 radical (unpaired) electrons. The number of nitrogens with two attached hydrogens (primary N) is 1. The minimum atomic E-state index is 0.330. The predicted octanol–water partition coefficient (Wildman–Crippen LogP) is 4.45. The van der Waals surface area contributed by atoms with Crippen molar-refractivity contribution in [1.29, 1.82) is 0 Å². The van der Waals surface area contributed by atoms with E-state index in [0.717, 1.165) is 6.54 Å². The smallest absolute Gasteiger partial charge is 0.0473 e. The fraction of sp³-hybridized carbons (Fsp3) is 0.684. The average Bonchev–Trinajstić information content (AvgIpc) is 2.39. The molecule has 2 nitrogen and oxygen atoms in total. The van der Waals surface area contributed by atoms with Gasteiger partial charge in [0.15, 0.2) is 0 Å². The molecule has 0 saturated carbocycles. The standard InChI is InChI=1S/C19H34N2/c1-7-18(8-2)21(13-14(3)4)19(12-20)17-10-15(5)9-16(6)11-17/h9-11,14,18-19H,7-8,12-13,20H2,1-6H3. The van der Waals surface area contributed by atoms with Gasteiger partial charge in [-0.15, -0.1) is 0 Å². The van der Waals surface area contributed by atoms with Crippen molar-refractivity contribution in [3.8, 4) is 0 Å². The van der Waals surface area contributed by atoms with Gasteiger partial charge in [-0.05, 0) is 38.2 Å². The Morgan fingerprint density at radius 1 is 1.00 bits per heavy atom. The van der Waals surface area contributed by atoms with Gasteiger partial charge < -0.3 is 5.73 Å². The summed E-state index contributed by atoms with van der Waals surface area (Å²) in [7, 11) is 0. The fourth-order valence-electron chi connectivity index (χ4n) is 3.38. The number of nitrogens with zero attached hydrogens (tertiary/aromatic N) is 1. The zero-order chi connectivity index (χ0) is 16.0. The van der Waals surface area contributed by atoms with Gasteiger partial charge in [-0.1, -0.05) is 57.0 Å². The third kappa shape index (κ3) is 5.12. The van der Waals surface area contributed by atoms with Crippen LogP contribution in [-0.4, -0.2) is 24.0 Å². The van der Waals surface area contributed by atoms with Crippen LogP contribution < -0.4 is 5.73 Å². The maximum Gasteiger partial charge on any atom is 0.0473 e. The van der Waals surface area contributed by atoms with Crippen LogP contribution in [0.15, 0.2) is 18.2 Å². The van der Waals surface area contributed by atoms with Gasteiger partial charge in [0.05, 0.1) is 0 Å². The third-order valence-corrected chi connectivity index (χ3v) is 4.24. The van der Waals surface area contributed by atoms with E-state index in [2.05, 4.69) is 64.6 Å². The van der Waals surface area contributed by atoms with Gasteiger partial charge >= 0.3 is 0 Å². The summed E-state index contributed by atoms with van der Waals surface area (Å²) in [5, 5.41) is 0. The number of benzene rings is 1. The molecule has 120 valence electrons. The Hall–Kier alpha value is -0.860. The lowest BCUT2D eigenvalue weighted by molar-refractivity contribution is 0.112. The van der Waals surface area contributed by atoms with Gasteiger partial charge in [0.1, 0.15) is 0 Å². The first-order valence-corrected chi connectivity index (χ1v) is 8.46. The van der Waals surface area contributed by atoms with Crippen LogP contribution in [0.3, 0.4) is 0 Å². The maximum atomic E-state index is 6.19. The first kappa shape index (κ1) is 18.2. The highest BCUT2D eigenvalue weighted by atomic mass is 15.2. The molecule has 2 heteroatoms. The summed E-state index contributed by atoms with van der Waals surface area (Å²) in [6.07, 6.45) is 2.37. The molecule has 0 amide bonds. The van der Waals surface area contributed by atoms with Crippen molar-refractivity contribution in [1.82, 2.24) is 4.90 Å². The molecule has 0 fully saturated rings. The highest BCUT2D eigenvalue weighted by Crippen LogP contribution is 2.27. The first-order valence-electron chi connectivity index (χ1n) is 8.46. The Balaban J connectivity index is 3.15. The van der Waals surface area contributed by atoms with E-state index in [4.69, 9.17) is 5.73 Å². The number of aryl methyl sites for hydroxylation is 2. The largest absolute Gasteiger partial charge is 0.329 e. The van der Waals surface area contributed by atoms with Crippen LogP contribution in [0.25, 0.3) is 0 Å². The molecule has 0 aliphatic rings. The molecule has 0 bridgehead atoms. The summed E-state index contributed by atoms with van der Waals surface area (Å²) in [5.41, 5.74) is 10.2. The summed E-state index contributed by atoms with van der Waals surface area (Å²) in [4.78, 5) is 2.64. The molecule has 0 saturated heterocycles. The zero-order valence-corrected chi connectivity index (χ0v) is 14.8. The van der Waals surface area contributed by atoms with E-state index >= 15 is 0 Å². The summed E-state index contributed by atoms with van der Waals surface area (Å²) in [6, 6.07) is 7.79. The molecule has 1 unspecified atom stereocenters. The van der Waals surface area contributed by atoms with Gasteiger partial charge in [-0.2, -0.15) is 0 Å². The number of rotatable bonds is 8. The second-order valence-corrected chi connectivity index (χ2v) is 6.73. The molecule has 1 atom stereocenters. The van der Waals surface area contributed by atoms with Crippen molar-refractivity contribution in [2.45, 2.75) is 66.5 Å². The molecule has 21 heavy (non-hydrogen) atoms. The monoisotopic (exact) mass is 290 g/mol. The maximum absolute atomic E-state index is 6.19. The predicted molar refractivity (Wildman–Crippen MR) is 93.6 cm³/mol. The van der Waals surface area contributed by atoms with Crippen LogP contribution in [0.2, 0.25) is 0 Å². The molecule has 0 aliphatic heterocycles. The second-order valence-electron chi connectivity index (χ2n) is 6.73. The van der Waals surface area contributed by atoms with Gasteiger partial charge in [-0.25, -0.2) is 0 Å². The van der Waals surface area contributed by atoms with Crippen LogP contribution >= 0.6 is 0 Å². The second kappa shape index (κ2) is 8.55. The molecule has 0 aromatic heterocycles. The van der Waals surface area contributed by atoms with Gasteiger partial charge in [0.25, 0.3) is 0 Å². The lowest BCUT2D eigenvalue weighted by atomic mass is 9.96. The van der Waals surface area contributed by atoms with E-state index < -0.39 is 0 Å². The molecule has 1 rings (SSSR count). The fourth-order valence-corrected chi connectivity index (χ4v) is 3.38. The van der Waals surface area contributed by atoms with Gasteiger partial charge in [0.2, 0.25) is 0 Å². The Labute approximate surface area is 131 Å². The molecule has 0 aliphatic carbocycles. The van der Waals surface area contributed by atoms with Crippen molar-refractivity contribution < 1.29 is 0 Å². The van der Waals surface area contributed by atoms with Crippen molar-refractivity contribution >= 4 is 0 Å². The van der Waals surface area contributed by atoms with Crippen molar-refractivity contribution in [3.05, 3.63) is 34.9 Å². The van der Waals surface area contributed by atoms with E-state index in [-0.39, 0.29) is 0 Å². The average molecular weight is 290 g/mol. The molecular weight excluding hydrogens is 256 g/mol. The topological polar surface area (TPSA) is 29.3 Å². The Kier molecular flexibility index (Phi) is 7.41. The molecule has 0 spiro atoms. The lowest BCUT2D eigenvalue weighted by Gasteiger charge is -2.38. The van der Waals surface area contributed by atoms with Crippen LogP contribution in [0.1, 0.15) is 63.3 Å². The van der Waals surface area contributed by atoms with Crippen molar-refractivity contribution in [3.63, 3.8) is 0 Å². The minimum absolute atomic E-state index is 0.330. The molecular formula is C19H34N2. The molecule has 2 N–H and O–H groups in total. The zero-order valence-electron chi connectivity index (χ0n) is 14.8.